The summed E-state index contributed by atoms with van der Waals surface area (Å²) in [4.78, 5) is 17.9. The van der Waals surface area contributed by atoms with Gasteiger partial charge in [0.2, 0.25) is 5.91 Å². The number of nitrogens with one attached hydrogen (secondary N) is 1. The number of amides is 1. The van der Waals surface area contributed by atoms with Crippen LogP contribution in [0.3, 0.4) is 0 Å². The number of benzene rings is 2. The molecule has 0 unspecified atom stereocenters. The summed E-state index contributed by atoms with van der Waals surface area (Å²) < 4.78 is 5.13. The highest BCUT2D eigenvalue weighted by Gasteiger charge is 2.08. The van der Waals surface area contributed by atoms with Gasteiger partial charge >= 0.3 is 0 Å². The van der Waals surface area contributed by atoms with Crippen LogP contribution in [0.2, 0.25) is 0 Å². The fourth-order valence-electron chi connectivity index (χ4n) is 2.40. The number of methoxy groups -OCH3 is 1. The van der Waals surface area contributed by atoms with Crippen LogP contribution in [0.1, 0.15) is 11.1 Å². The summed E-state index contributed by atoms with van der Waals surface area (Å²) in [6.07, 6.45) is 0.808. The Morgan fingerprint density at radius 3 is 2.41 bits per heavy atom. The monoisotopic (exact) mass is 434 g/mol. The summed E-state index contributed by atoms with van der Waals surface area (Å²) in [5.41, 5.74) is 8.09. The van der Waals surface area contributed by atoms with E-state index >= 15 is 0 Å². The Morgan fingerprint density at radius 2 is 1.78 bits per heavy atom. The van der Waals surface area contributed by atoms with Gasteiger partial charge < -0.3 is 20.7 Å². The number of halogens is 1. The SMILES string of the molecule is Br.COc1ccc(CCNC(N)=NCC(=O)N(C)Cc2ccccc2)cc1. The van der Waals surface area contributed by atoms with Gasteiger partial charge in [-0.3, -0.25) is 4.79 Å². The molecule has 0 aliphatic rings. The lowest BCUT2D eigenvalue weighted by Gasteiger charge is -2.16. The molecule has 2 rings (SSSR count). The maximum atomic E-state index is 12.1. The molecular weight excluding hydrogens is 408 g/mol. The van der Waals surface area contributed by atoms with Gasteiger partial charge in [-0.05, 0) is 29.7 Å². The number of hydrogen-bond donors (Lipinski definition) is 2. The number of ether oxygens (including phenoxy) is 1. The van der Waals surface area contributed by atoms with Crippen molar-refractivity contribution in [3.05, 3.63) is 65.7 Å². The first-order valence-corrected chi connectivity index (χ1v) is 8.53. The summed E-state index contributed by atoms with van der Waals surface area (Å²) in [5.74, 6) is 1.04. The largest absolute Gasteiger partial charge is 0.497 e. The van der Waals surface area contributed by atoms with Crippen LogP contribution in [0.5, 0.6) is 5.75 Å². The normalized spacial score (nSPS) is 10.7. The molecule has 0 saturated carbocycles. The van der Waals surface area contributed by atoms with Crippen molar-refractivity contribution in [2.45, 2.75) is 13.0 Å². The lowest BCUT2D eigenvalue weighted by Crippen LogP contribution is -2.35. The van der Waals surface area contributed by atoms with E-state index in [4.69, 9.17) is 10.5 Å². The van der Waals surface area contributed by atoms with E-state index in [9.17, 15) is 4.79 Å². The second-order valence-corrected chi connectivity index (χ2v) is 5.96. The third-order valence-corrected chi connectivity index (χ3v) is 3.95. The number of nitrogens with zero attached hydrogens (tertiary/aromatic N) is 2. The molecule has 0 atom stereocenters. The molecule has 0 aliphatic carbocycles. The van der Waals surface area contributed by atoms with E-state index < -0.39 is 0 Å². The summed E-state index contributed by atoms with van der Waals surface area (Å²) in [6.45, 7) is 1.24. The molecule has 0 aromatic heterocycles. The molecule has 0 bridgehead atoms. The molecule has 7 heteroatoms. The minimum Gasteiger partial charge on any atom is -0.497 e. The van der Waals surface area contributed by atoms with Gasteiger partial charge in [0.1, 0.15) is 12.3 Å². The van der Waals surface area contributed by atoms with E-state index in [1.54, 1.807) is 19.1 Å². The van der Waals surface area contributed by atoms with Gasteiger partial charge in [-0.2, -0.15) is 0 Å². The average Bonchev–Trinajstić information content (AvgIpc) is 2.67. The van der Waals surface area contributed by atoms with Crippen molar-refractivity contribution in [1.29, 1.82) is 0 Å². The highest BCUT2D eigenvalue weighted by Crippen LogP contribution is 2.11. The topological polar surface area (TPSA) is 80.0 Å². The van der Waals surface area contributed by atoms with Gasteiger partial charge in [0.05, 0.1) is 7.11 Å². The van der Waals surface area contributed by atoms with Crippen molar-refractivity contribution >= 4 is 28.8 Å². The molecule has 0 saturated heterocycles. The van der Waals surface area contributed by atoms with Gasteiger partial charge in [0.15, 0.2) is 5.96 Å². The van der Waals surface area contributed by atoms with Gasteiger partial charge in [0.25, 0.3) is 0 Å². The highest BCUT2D eigenvalue weighted by molar-refractivity contribution is 8.93. The zero-order chi connectivity index (χ0) is 18.8. The Hall–Kier alpha value is -2.54. The van der Waals surface area contributed by atoms with E-state index in [-0.39, 0.29) is 35.4 Å². The third-order valence-electron chi connectivity index (χ3n) is 3.95. The van der Waals surface area contributed by atoms with Crippen LogP contribution >= 0.6 is 17.0 Å². The summed E-state index contributed by atoms with van der Waals surface area (Å²) in [5, 5.41) is 3.03. The summed E-state index contributed by atoms with van der Waals surface area (Å²) in [7, 11) is 3.41. The predicted molar refractivity (Wildman–Crippen MR) is 114 cm³/mol. The van der Waals surface area contributed by atoms with E-state index in [1.807, 2.05) is 54.6 Å². The number of nitrogens with two attached hydrogens (primary N) is 1. The second-order valence-electron chi connectivity index (χ2n) is 5.96. The van der Waals surface area contributed by atoms with Crippen molar-refractivity contribution in [2.75, 3.05) is 27.2 Å². The molecular formula is C20H27BrN4O2. The molecule has 27 heavy (non-hydrogen) atoms. The van der Waals surface area contributed by atoms with Crippen molar-refractivity contribution in [3.8, 4) is 5.75 Å². The molecule has 0 aliphatic heterocycles. The zero-order valence-corrected chi connectivity index (χ0v) is 17.4. The lowest BCUT2D eigenvalue weighted by atomic mass is 10.1. The molecule has 1 amide bonds. The van der Waals surface area contributed by atoms with E-state index in [2.05, 4.69) is 10.3 Å². The number of guanidine groups is 1. The van der Waals surface area contributed by atoms with Gasteiger partial charge in [-0.15, -0.1) is 17.0 Å². The standard InChI is InChI=1S/C20H26N4O2.BrH/c1-24(15-17-6-4-3-5-7-17)19(25)14-23-20(21)22-13-12-16-8-10-18(26-2)11-9-16;/h3-11H,12-15H2,1-2H3,(H3,21,22,23);1H. The number of carbonyl (C=O) groups is 1. The molecule has 0 radical (unpaired) electrons. The fourth-order valence-corrected chi connectivity index (χ4v) is 2.40. The first-order chi connectivity index (χ1) is 12.6. The first-order valence-electron chi connectivity index (χ1n) is 8.53. The van der Waals surface area contributed by atoms with Gasteiger partial charge in [-0.1, -0.05) is 42.5 Å². The summed E-state index contributed by atoms with van der Waals surface area (Å²) >= 11 is 0. The van der Waals surface area contributed by atoms with Crippen molar-refractivity contribution in [1.82, 2.24) is 10.2 Å². The molecule has 3 N–H and O–H groups in total. The van der Waals surface area contributed by atoms with Crippen LogP contribution in [0.25, 0.3) is 0 Å². The van der Waals surface area contributed by atoms with Gasteiger partial charge in [0, 0.05) is 20.1 Å². The molecule has 2 aromatic rings. The zero-order valence-electron chi connectivity index (χ0n) is 15.7. The Bertz CT molecular complexity index is 721. The van der Waals surface area contributed by atoms with E-state index in [0.717, 1.165) is 17.7 Å². The minimum atomic E-state index is -0.0752. The number of hydrogen-bond acceptors (Lipinski definition) is 3. The lowest BCUT2D eigenvalue weighted by molar-refractivity contribution is -0.128. The maximum Gasteiger partial charge on any atom is 0.244 e. The Labute approximate surface area is 171 Å². The second kappa shape index (κ2) is 12.0. The van der Waals surface area contributed by atoms with Crippen LogP contribution in [-0.2, 0) is 17.8 Å². The van der Waals surface area contributed by atoms with E-state index in [1.165, 1.54) is 5.56 Å². The number of likely N-dealkylation sites (N-methyl/N-ethyl adjacent to an activating group) is 1. The molecule has 146 valence electrons. The van der Waals surface area contributed by atoms with Crippen molar-refractivity contribution in [3.63, 3.8) is 0 Å². The van der Waals surface area contributed by atoms with Crippen LogP contribution in [0.15, 0.2) is 59.6 Å². The van der Waals surface area contributed by atoms with Crippen molar-refractivity contribution in [2.24, 2.45) is 10.7 Å². The molecule has 0 fully saturated rings. The molecule has 0 spiro atoms. The Balaban J connectivity index is 0.00000364. The maximum absolute atomic E-state index is 12.1. The van der Waals surface area contributed by atoms with Crippen LogP contribution < -0.4 is 15.8 Å². The van der Waals surface area contributed by atoms with Gasteiger partial charge in [-0.25, -0.2) is 4.99 Å². The predicted octanol–water partition coefficient (Wildman–Crippen LogP) is 2.38. The smallest absolute Gasteiger partial charge is 0.244 e. The van der Waals surface area contributed by atoms with Crippen LogP contribution in [0.4, 0.5) is 0 Å². The fraction of sp³-hybridized carbons (Fsp3) is 0.300. The molecule has 0 heterocycles. The van der Waals surface area contributed by atoms with Crippen molar-refractivity contribution < 1.29 is 9.53 Å². The minimum absolute atomic E-state index is 0. The number of aliphatic imine (C=N–C) groups is 1. The number of carbonyl (C=O) groups excluding carboxylic acids is 1. The third kappa shape index (κ3) is 8.13. The van der Waals surface area contributed by atoms with Crippen LogP contribution in [0, 0.1) is 0 Å². The Kier molecular flexibility index (Phi) is 9.96. The van der Waals surface area contributed by atoms with Crippen LogP contribution in [-0.4, -0.2) is 44.0 Å². The average molecular weight is 435 g/mol. The highest BCUT2D eigenvalue weighted by atomic mass is 79.9. The molecule has 2 aromatic carbocycles. The summed E-state index contributed by atoms with van der Waals surface area (Å²) in [6, 6.07) is 17.7. The Morgan fingerprint density at radius 1 is 1.11 bits per heavy atom. The molecule has 6 nitrogen and oxygen atoms in total. The quantitative estimate of drug-likeness (QED) is 0.493. The van der Waals surface area contributed by atoms with E-state index in [0.29, 0.717) is 13.1 Å². The first kappa shape index (κ1) is 22.5. The number of rotatable bonds is 8.